The lowest BCUT2D eigenvalue weighted by Gasteiger charge is -2.36. The van der Waals surface area contributed by atoms with Crippen LogP contribution < -0.4 is 4.90 Å². The van der Waals surface area contributed by atoms with Gasteiger partial charge in [-0.3, -0.25) is 9.69 Å². The number of halogens is 1. The summed E-state index contributed by atoms with van der Waals surface area (Å²) in [5.41, 5.74) is 2.50. The van der Waals surface area contributed by atoms with E-state index in [-0.39, 0.29) is 5.91 Å². The number of para-hydroxylation sites is 1. The molecule has 2 aromatic heterocycles. The smallest absolute Gasteiger partial charge is 0.236 e. The molecule has 0 bridgehead atoms. The van der Waals surface area contributed by atoms with E-state index in [0.29, 0.717) is 17.2 Å². The molecule has 8 heteroatoms. The number of likely N-dealkylation sites (tertiary alicyclic amines) is 1. The van der Waals surface area contributed by atoms with E-state index in [1.165, 1.54) is 12.8 Å². The van der Waals surface area contributed by atoms with Crippen molar-refractivity contribution in [1.29, 1.82) is 0 Å². The number of anilines is 1. The first-order valence-corrected chi connectivity index (χ1v) is 11.7. The van der Waals surface area contributed by atoms with Crippen molar-refractivity contribution in [1.82, 2.24) is 24.4 Å². The van der Waals surface area contributed by atoms with Crippen LogP contribution in [-0.4, -0.2) is 76.1 Å². The molecule has 0 spiro atoms. The Hall–Kier alpha value is -2.38. The monoisotopic (exact) mass is 440 g/mol. The summed E-state index contributed by atoms with van der Waals surface area (Å²) < 4.78 is 1.84. The average Bonchev–Trinajstić information content (AvgIpc) is 2.97. The minimum atomic E-state index is 0.280. The third-order valence-electron chi connectivity index (χ3n) is 6.54. The van der Waals surface area contributed by atoms with E-state index in [9.17, 15) is 4.79 Å². The topological polar surface area (TPSA) is 57.0 Å². The molecule has 0 aliphatic carbocycles. The number of benzene rings is 1. The van der Waals surface area contributed by atoms with Gasteiger partial charge in [-0.15, -0.1) is 0 Å². The number of hydrogen-bond acceptors (Lipinski definition) is 5. The fraction of sp³-hybridized carbons (Fsp3) is 0.522. The van der Waals surface area contributed by atoms with Crippen LogP contribution in [0.3, 0.4) is 0 Å². The minimum absolute atomic E-state index is 0.280. The summed E-state index contributed by atoms with van der Waals surface area (Å²) in [6.45, 7) is 7.65. The number of carbonyl (C=O) groups excluding carboxylic acids is 1. The zero-order valence-corrected chi connectivity index (χ0v) is 18.8. The summed E-state index contributed by atoms with van der Waals surface area (Å²) >= 11 is 6.50. The quantitative estimate of drug-likeness (QED) is 0.625. The lowest BCUT2D eigenvalue weighted by atomic mass is 10.2. The molecule has 1 amide bonds. The van der Waals surface area contributed by atoms with Gasteiger partial charge in [-0.2, -0.15) is 5.10 Å². The molecular formula is C23H29ClN6O. The van der Waals surface area contributed by atoms with Crippen LogP contribution in [-0.2, 0) is 4.79 Å². The normalized spacial score (nSPS) is 18.6. The SMILES string of the molecule is Cc1nn2c(nc(N3CCN(CC(=O)N4CCCCCC4)CC3)c3ccccc32)c1Cl. The highest BCUT2D eigenvalue weighted by Crippen LogP contribution is 2.30. The van der Waals surface area contributed by atoms with Crippen LogP contribution in [0.4, 0.5) is 5.82 Å². The molecule has 2 saturated heterocycles. The van der Waals surface area contributed by atoms with Gasteiger partial charge in [0.2, 0.25) is 5.91 Å². The maximum atomic E-state index is 12.8. The first-order chi connectivity index (χ1) is 15.1. The molecule has 1 aromatic carbocycles. The van der Waals surface area contributed by atoms with E-state index in [4.69, 9.17) is 16.6 Å². The Morgan fingerprint density at radius 1 is 1.00 bits per heavy atom. The predicted octanol–water partition coefficient (Wildman–Crippen LogP) is 3.37. The third-order valence-corrected chi connectivity index (χ3v) is 6.98. The number of nitrogens with zero attached hydrogens (tertiary/aromatic N) is 6. The number of hydrogen-bond donors (Lipinski definition) is 0. The average molecular weight is 441 g/mol. The van der Waals surface area contributed by atoms with Crippen LogP contribution in [0.5, 0.6) is 0 Å². The molecule has 0 N–H and O–H groups in total. The number of carbonyl (C=O) groups is 1. The van der Waals surface area contributed by atoms with Crippen molar-refractivity contribution in [2.75, 3.05) is 50.7 Å². The van der Waals surface area contributed by atoms with E-state index in [1.54, 1.807) is 0 Å². The fourth-order valence-corrected chi connectivity index (χ4v) is 4.90. The summed E-state index contributed by atoms with van der Waals surface area (Å²) in [7, 11) is 0. The summed E-state index contributed by atoms with van der Waals surface area (Å²) in [5, 5.41) is 6.25. The predicted molar refractivity (Wildman–Crippen MR) is 124 cm³/mol. The Labute approximate surface area is 187 Å². The molecule has 0 radical (unpaired) electrons. The Bertz CT molecular complexity index is 1100. The number of rotatable bonds is 3. The van der Waals surface area contributed by atoms with Gasteiger partial charge in [-0.05, 0) is 31.9 Å². The number of piperazine rings is 1. The second-order valence-corrected chi connectivity index (χ2v) is 9.02. The molecule has 3 aromatic rings. The van der Waals surface area contributed by atoms with E-state index in [1.807, 2.05) is 23.6 Å². The molecule has 0 atom stereocenters. The largest absolute Gasteiger partial charge is 0.353 e. The Morgan fingerprint density at radius 2 is 1.71 bits per heavy atom. The highest BCUT2D eigenvalue weighted by Gasteiger charge is 2.25. The van der Waals surface area contributed by atoms with Gasteiger partial charge in [0, 0.05) is 44.7 Å². The number of amides is 1. The van der Waals surface area contributed by atoms with Crippen LogP contribution in [0.25, 0.3) is 16.6 Å². The van der Waals surface area contributed by atoms with Gasteiger partial charge >= 0.3 is 0 Å². The molecule has 5 rings (SSSR count). The van der Waals surface area contributed by atoms with Crippen molar-refractivity contribution in [3.8, 4) is 0 Å². The van der Waals surface area contributed by atoms with Crippen molar-refractivity contribution in [2.24, 2.45) is 0 Å². The second-order valence-electron chi connectivity index (χ2n) is 8.65. The van der Waals surface area contributed by atoms with Crippen LogP contribution in [0, 0.1) is 6.92 Å². The summed E-state index contributed by atoms with van der Waals surface area (Å²) in [6, 6.07) is 8.21. The highest BCUT2D eigenvalue weighted by atomic mass is 35.5. The maximum absolute atomic E-state index is 12.8. The number of aryl methyl sites for hydroxylation is 1. The van der Waals surface area contributed by atoms with E-state index < -0.39 is 0 Å². The van der Waals surface area contributed by atoms with Gasteiger partial charge in [0.1, 0.15) is 10.8 Å². The molecule has 2 fully saturated rings. The molecule has 31 heavy (non-hydrogen) atoms. The maximum Gasteiger partial charge on any atom is 0.236 e. The van der Waals surface area contributed by atoms with Gasteiger partial charge in [0.15, 0.2) is 5.65 Å². The van der Waals surface area contributed by atoms with Crippen molar-refractivity contribution in [3.05, 3.63) is 35.0 Å². The van der Waals surface area contributed by atoms with Crippen molar-refractivity contribution >= 4 is 39.9 Å². The first kappa shape index (κ1) is 20.5. The van der Waals surface area contributed by atoms with E-state index in [2.05, 4.69) is 31.9 Å². The zero-order valence-electron chi connectivity index (χ0n) is 18.1. The van der Waals surface area contributed by atoms with E-state index in [0.717, 1.165) is 74.5 Å². The summed E-state index contributed by atoms with van der Waals surface area (Å²) in [4.78, 5) is 24.3. The van der Waals surface area contributed by atoms with E-state index >= 15 is 0 Å². The first-order valence-electron chi connectivity index (χ1n) is 11.3. The lowest BCUT2D eigenvalue weighted by molar-refractivity contribution is -0.132. The van der Waals surface area contributed by atoms with Crippen molar-refractivity contribution < 1.29 is 4.79 Å². The standard InChI is InChI=1S/C23H29ClN6O/c1-17-21(24)23-25-22(18-8-4-5-9-19(18)30(23)26-17)29-14-12-27(13-15-29)16-20(31)28-10-6-2-3-7-11-28/h4-5,8-9H,2-3,6-7,10-16H2,1H3. The van der Waals surface area contributed by atoms with Crippen molar-refractivity contribution in [2.45, 2.75) is 32.6 Å². The van der Waals surface area contributed by atoms with Crippen LogP contribution in [0.1, 0.15) is 31.4 Å². The zero-order chi connectivity index (χ0) is 21.4. The number of aromatic nitrogens is 3. The van der Waals surface area contributed by atoms with Gasteiger partial charge < -0.3 is 9.80 Å². The molecule has 4 heterocycles. The molecule has 0 saturated carbocycles. The second kappa shape index (κ2) is 8.63. The molecule has 0 unspecified atom stereocenters. The Morgan fingerprint density at radius 3 is 2.45 bits per heavy atom. The molecule has 7 nitrogen and oxygen atoms in total. The number of fused-ring (bicyclic) bond motifs is 3. The molecule has 2 aliphatic heterocycles. The Balaban J connectivity index is 1.33. The van der Waals surface area contributed by atoms with Crippen molar-refractivity contribution in [3.63, 3.8) is 0 Å². The van der Waals surface area contributed by atoms with Gasteiger partial charge in [-0.1, -0.05) is 36.6 Å². The summed E-state index contributed by atoms with van der Waals surface area (Å²) in [6.07, 6.45) is 4.76. The third kappa shape index (κ3) is 3.96. The van der Waals surface area contributed by atoms with Crippen LogP contribution in [0.2, 0.25) is 5.02 Å². The van der Waals surface area contributed by atoms with Gasteiger partial charge in [0.05, 0.1) is 17.8 Å². The van der Waals surface area contributed by atoms with Gasteiger partial charge in [-0.25, -0.2) is 9.50 Å². The minimum Gasteiger partial charge on any atom is -0.353 e. The molecule has 164 valence electrons. The fourth-order valence-electron chi connectivity index (χ4n) is 4.74. The molecular weight excluding hydrogens is 412 g/mol. The highest BCUT2D eigenvalue weighted by molar-refractivity contribution is 6.34. The summed E-state index contributed by atoms with van der Waals surface area (Å²) in [5.74, 6) is 1.23. The van der Waals surface area contributed by atoms with Crippen LogP contribution in [0.15, 0.2) is 24.3 Å². The lowest BCUT2D eigenvalue weighted by Crippen LogP contribution is -2.50. The molecule has 2 aliphatic rings. The Kier molecular flexibility index (Phi) is 5.71. The van der Waals surface area contributed by atoms with Crippen LogP contribution >= 0.6 is 11.6 Å². The van der Waals surface area contributed by atoms with Gasteiger partial charge in [0.25, 0.3) is 0 Å².